The summed E-state index contributed by atoms with van der Waals surface area (Å²) in [5.41, 5.74) is 5.11. The van der Waals surface area contributed by atoms with E-state index < -0.39 is 0 Å². The van der Waals surface area contributed by atoms with Gasteiger partial charge in [0.25, 0.3) is 5.91 Å². The summed E-state index contributed by atoms with van der Waals surface area (Å²) >= 11 is 6.56. The van der Waals surface area contributed by atoms with Crippen LogP contribution in [-0.4, -0.2) is 24.0 Å². The van der Waals surface area contributed by atoms with Crippen molar-refractivity contribution in [1.29, 1.82) is 0 Å². The second kappa shape index (κ2) is 6.84. The van der Waals surface area contributed by atoms with Gasteiger partial charge in [0.2, 0.25) is 0 Å². The lowest BCUT2D eigenvalue weighted by Crippen LogP contribution is -2.24. The van der Waals surface area contributed by atoms with Crippen molar-refractivity contribution in [3.8, 4) is 17.0 Å². The van der Waals surface area contributed by atoms with Crippen LogP contribution in [0.3, 0.4) is 0 Å². The van der Waals surface area contributed by atoms with E-state index in [0.717, 1.165) is 27.9 Å². The van der Waals surface area contributed by atoms with Gasteiger partial charge in [-0.2, -0.15) is 0 Å². The molecule has 0 radical (unpaired) electrons. The number of fused-ring (bicyclic) bond motifs is 1. The number of nitrogens with zero attached hydrogens (tertiary/aromatic N) is 1. The van der Waals surface area contributed by atoms with E-state index in [9.17, 15) is 4.79 Å². The maximum Gasteiger partial charge on any atom is 0.255 e. The van der Waals surface area contributed by atoms with E-state index in [4.69, 9.17) is 20.8 Å². The summed E-state index contributed by atoms with van der Waals surface area (Å²) in [4.78, 5) is 16.4. The summed E-state index contributed by atoms with van der Waals surface area (Å²) in [5, 5.41) is 3.48. The molecule has 5 nitrogen and oxygen atoms in total. The summed E-state index contributed by atoms with van der Waals surface area (Å²) in [6, 6.07) is 9.87. The van der Waals surface area contributed by atoms with Gasteiger partial charge in [-0.25, -0.2) is 4.98 Å². The molecule has 0 aliphatic carbocycles. The van der Waals surface area contributed by atoms with E-state index >= 15 is 0 Å². The lowest BCUT2D eigenvalue weighted by molar-refractivity contribution is 0.0957. The molecular weight excluding hydrogens is 352 g/mol. The maximum atomic E-state index is 12.3. The molecule has 0 unspecified atom stereocenters. The summed E-state index contributed by atoms with van der Waals surface area (Å²) in [6.45, 7) is 2.82. The van der Waals surface area contributed by atoms with Crippen molar-refractivity contribution >= 4 is 17.5 Å². The highest BCUT2D eigenvalue weighted by atomic mass is 35.5. The zero-order chi connectivity index (χ0) is 18.1. The minimum absolute atomic E-state index is 0.125. The Morgan fingerprint density at radius 1 is 1.27 bits per heavy atom. The molecule has 3 aromatic rings. The molecule has 2 aromatic carbocycles. The maximum absolute atomic E-state index is 12.3. The highest BCUT2D eigenvalue weighted by molar-refractivity contribution is 6.32. The van der Waals surface area contributed by atoms with Crippen molar-refractivity contribution in [2.24, 2.45) is 0 Å². The lowest BCUT2D eigenvalue weighted by Gasteiger charge is -2.15. The topological polar surface area (TPSA) is 64.4 Å². The standard InChI is InChI=1S/C20H17ClN2O3/c1-12-18(21)15(9-16-19(12)26-7-6-22-20(16)24)8-13-2-4-14(5-3-13)17-10-25-11-23-17/h2-5,9-11H,6-8H2,1H3,(H,22,24). The van der Waals surface area contributed by atoms with Crippen molar-refractivity contribution < 1.29 is 13.9 Å². The second-order valence-corrected chi connectivity index (χ2v) is 6.58. The Kier molecular flexibility index (Phi) is 4.39. The van der Waals surface area contributed by atoms with E-state index in [2.05, 4.69) is 10.3 Å². The molecule has 0 spiro atoms. The fourth-order valence-corrected chi connectivity index (χ4v) is 3.32. The van der Waals surface area contributed by atoms with Crippen LogP contribution in [0.2, 0.25) is 5.02 Å². The lowest BCUT2D eigenvalue weighted by atomic mass is 9.97. The molecule has 1 aliphatic heterocycles. The van der Waals surface area contributed by atoms with Crippen LogP contribution in [-0.2, 0) is 6.42 Å². The van der Waals surface area contributed by atoms with Gasteiger partial charge >= 0.3 is 0 Å². The number of carbonyl (C=O) groups excluding carboxylic acids is 1. The van der Waals surface area contributed by atoms with Gasteiger partial charge in [-0.1, -0.05) is 35.9 Å². The number of oxazole rings is 1. The Morgan fingerprint density at radius 3 is 2.81 bits per heavy atom. The van der Waals surface area contributed by atoms with Gasteiger partial charge in [-0.05, 0) is 30.5 Å². The molecule has 2 heterocycles. The number of amides is 1. The van der Waals surface area contributed by atoms with Crippen LogP contribution in [0.1, 0.15) is 27.0 Å². The number of hydrogen-bond acceptors (Lipinski definition) is 4. The molecule has 1 amide bonds. The number of rotatable bonds is 3. The third-order valence-electron chi connectivity index (χ3n) is 4.47. The average Bonchev–Trinajstić information content (AvgIpc) is 3.12. The van der Waals surface area contributed by atoms with Crippen molar-refractivity contribution in [1.82, 2.24) is 10.3 Å². The molecule has 1 aliphatic rings. The smallest absolute Gasteiger partial charge is 0.255 e. The molecule has 0 atom stereocenters. The number of benzene rings is 2. The summed E-state index contributed by atoms with van der Waals surface area (Å²) in [5.74, 6) is 0.454. The van der Waals surface area contributed by atoms with Gasteiger partial charge in [0.15, 0.2) is 6.39 Å². The van der Waals surface area contributed by atoms with Crippen LogP contribution in [0.15, 0.2) is 47.4 Å². The highest BCUT2D eigenvalue weighted by Gasteiger charge is 2.22. The first-order chi connectivity index (χ1) is 12.6. The van der Waals surface area contributed by atoms with Crippen LogP contribution >= 0.6 is 11.6 Å². The third kappa shape index (κ3) is 3.06. The number of nitrogens with one attached hydrogen (secondary N) is 1. The van der Waals surface area contributed by atoms with E-state index in [-0.39, 0.29) is 5.91 Å². The minimum Gasteiger partial charge on any atom is -0.491 e. The fraction of sp³-hybridized carbons (Fsp3) is 0.200. The quantitative estimate of drug-likeness (QED) is 0.758. The summed E-state index contributed by atoms with van der Waals surface area (Å²) in [7, 11) is 0. The Balaban J connectivity index is 1.66. The van der Waals surface area contributed by atoms with Crippen molar-refractivity contribution in [3.63, 3.8) is 0 Å². The molecule has 1 aromatic heterocycles. The van der Waals surface area contributed by atoms with Crippen molar-refractivity contribution in [3.05, 3.63) is 70.3 Å². The van der Waals surface area contributed by atoms with Crippen molar-refractivity contribution in [2.45, 2.75) is 13.3 Å². The molecule has 132 valence electrons. The minimum atomic E-state index is -0.125. The van der Waals surface area contributed by atoms with Crippen LogP contribution < -0.4 is 10.1 Å². The molecule has 0 fully saturated rings. The van der Waals surface area contributed by atoms with Crippen molar-refractivity contribution in [2.75, 3.05) is 13.2 Å². The van der Waals surface area contributed by atoms with E-state index in [1.807, 2.05) is 37.3 Å². The first-order valence-corrected chi connectivity index (χ1v) is 8.72. The Hall–Kier alpha value is -2.79. The first kappa shape index (κ1) is 16.7. The Bertz CT molecular complexity index is 950. The molecule has 6 heteroatoms. The molecule has 26 heavy (non-hydrogen) atoms. The number of aromatic nitrogens is 1. The normalized spacial score (nSPS) is 13.5. The van der Waals surface area contributed by atoms with Gasteiger partial charge < -0.3 is 14.5 Å². The van der Waals surface area contributed by atoms with Crippen LogP contribution in [0.4, 0.5) is 0 Å². The number of halogens is 1. The molecule has 0 bridgehead atoms. The van der Waals surface area contributed by atoms with Gasteiger partial charge in [0.05, 0.1) is 17.1 Å². The monoisotopic (exact) mass is 368 g/mol. The molecule has 4 rings (SSSR count). The van der Waals surface area contributed by atoms with Gasteiger partial charge in [0, 0.05) is 11.1 Å². The summed E-state index contributed by atoms with van der Waals surface area (Å²) in [6.07, 6.45) is 3.65. The van der Waals surface area contributed by atoms with Crippen LogP contribution in [0.25, 0.3) is 11.3 Å². The predicted molar refractivity (Wildman–Crippen MR) is 98.8 cm³/mol. The van der Waals surface area contributed by atoms with Crippen LogP contribution in [0, 0.1) is 6.92 Å². The predicted octanol–water partition coefficient (Wildman–Crippen LogP) is 4.02. The second-order valence-electron chi connectivity index (χ2n) is 6.20. The largest absolute Gasteiger partial charge is 0.491 e. The van der Waals surface area contributed by atoms with Gasteiger partial charge in [-0.15, -0.1) is 0 Å². The molecule has 0 saturated carbocycles. The average molecular weight is 369 g/mol. The molecular formula is C20H17ClN2O3. The summed E-state index contributed by atoms with van der Waals surface area (Å²) < 4.78 is 10.7. The zero-order valence-corrected chi connectivity index (χ0v) is 15.0. The molecule has 0 saturated heterocycles. The Morgan fingerprint density at radius 2 is 2.08 bits per heavy atom. The number of ether oxygens (including phenoxy) is 1. The SMILES string of the molecule is Cc1c(Cl)c(Cc2ccc(-c3cocn3)cc2)cc2c1OCCNC2=O. The third-order valence-corrected chi connectivity index (χ3v) is 5.00. The Labute approximate surface area is 156 Å². The number of carbonyl (C=O) groups is 1. The van der Waals surface area contributed by atoms with E-state index in [1.165, 1.54) is 6.39 Å². The highest BCUT2D eigenvalue weighted by Crippen LogP contribution is 2.35. The van der Waals surface area contributed by atoms with Gasteiger partial charge in [0.1, 0.15) is 24.3 Å². The fourth-order valence-electron chi connectivity index (χ4n) is 3.11. The number of hydrogen-bond donors (Lipinski definition) is 1. The zero-order valence-electron chi connectivity index (χ0n) is 14.2. The first-order valence-electron chi connectivity index (χ1n) is 8.34. The van der Waals surface area contributed by atoms with E-state index in [0.29, 0.717) is 35.9 Å². The van der Waals surface area contributed by atoms with Gasteiger partial charge in [-0.3, -0.25) is 4.79 Å². The molecule has 1 N–H and O–H groups in total. The van der Waals surface area contributed by atoms with E-state index in [1.54, 1.807) is 6.26 Å². The van der Waals surface area contributed by atoms with Crippen LogP contribution in [0.5, 0.6) is 5.75 Å².